The highest BCUT2D eigenvalue weighted by atomic mass is 32.2. The van der Waals surface area contributed by atoms with Crippen LogP contribution in [-0.2, 0) is 20.8 Å². The highest BCUT2D eigenvalue weighted by molar-refractivity contribution is 7.99. The van der Waals surface area contributed by atoms with Crippen molar-refractivity contribution < 1.29 is 14.3 Å². The van der Waals surface area contributed by atoms with E-state index < -0.39 is 6.29 Å². The molecule has 8 heteroatoms. The van der Waals surface area contributed by atoms with Crippen LogP contribution in [0.5, 0.6) is 0 Å². The predicted octanol–water partition coefficient (Wildman–Crippen LogP) is -0.300. The minimum Gasteiger partial charge on any atom is -0.354 e. The zero-order valence-electron chi connectivity index (χ0n) is 11.4. The zero-order chi connectivity index (χ0) is 14.5. The van der Waals surface area contributed by atoms with Gasteiger partial charge in [-0.05, 0) is 0 Å². The molecule has 1 aliphatic rings. The summed E-state index contributed by atoms with van der Waals surface area (Å²) in [6.45, 7) is 0.632. The third-order valence-corrected chi connectivity index (χ3v) is 4.21. The van der Waals surface area contributed by atoms with Crippen LogP contribution < -0.4 is 10.9 Å². The lowest BCUT2D eigenvalue weighted by molar-refractivity contribution is -0.130. The maximum absolute atomic E-state index is 12.1. The maximum Gasteiger partial charge on any atom is 0.254 e. The summed E-state index contributed by atoms with van der Waals surface area (Å²) < 4.78 is 11.5. The van der Waals surface area contributed by atoms with E-state index in [0.717, 1.165) is 0 Å². The fourth-order valence-corrected chi connectivity index (χ4v) is 2.96. The number of nitrogens with one attached hydrogen (secondary N) is 1. The molecule has 1 amide bonds. The summed E-state index contributed by atoms with van der Waals surface area (Å²) >= 11 is 1.41. The molecule has 0 saturated heterocycles. The van der Waals surface area contributed by atoms with Crippen molar-refractivity contribution >= 4 is 17.7 Å². The van der Waals surface area contributed by atoms with Gasteiger partial charge in [-0.1, -0.05) is 11.8 Å². The number of hydrogen-bond acceptors (Lipinski definition) is 6. The Morgan fingerprint density at radius 2 is 2.35 bits per heavy atom. The Morgan fingerprint density at radius 3 is 3.05 bits per heavy atom. The lowest BCUT2D eigenvalue weighted by Crippen LogP contribution is -2.42. The number of rotatable bonds is 5. The number of fused-ring (bicyclic) bond motifs is 1. The zero-order valence-corrected chi connectivity index (χ0v) is 12.2. The number of ether oxygens (including phenoxy) is 2. The molecule has 7 nitrogen and oxygen atoms in total. The van der Waals surface area contributed by atoms with Crippen LogP contribution in [0, 0.1) is 5.92 Å². The van der Waals surface area contributed by atoms with Crippen LogP contribution in [0.1, 0.15) is 0 Å². The fraction of sp³-hybridized carbons (Fsp3) is 0.583. The molecule has 1 aromatic rings. The van der Waals surface area contributed by atoms with Crippen molar-refractivity contribution in [2.24, 2.45) is 5.92 Å². The monoisotopic (exact) mass is 299 g/mol. The highest BCUT2D eigenvalue weighted by Gasteiger charge is 2.26. The molecule has 2 rings (SSSR count). The van der Waals surface area contributed by atoms with Crippen LogP contribution in [0.4, 0.5) is 0 Å². The summed E-state index contributed by atoms with van der Waals surface area (Å²) in [7, 11) is 3.02. The van der Waals surface area contributed by atoms with E-state index in [2.05, 4.69) is 10.3 Å². The first-order valence-electron chi connectivity index (χ1n) is 6.17. The van der Waals surface area contributed by atoms with E-state index in [4.69, 9.17) is 9.47 Å². The van der Waals surface area contributed by atoms with E-state index in [-0.39, 0.29) is 23.9 Å². The van der Waals surface area contributed by atoms with E-state index in [9.17, 15) is 9.59 Å². The number of thioether (sulfide) groups is 1. The van der Waals surface area contributed by atoms with Crippen LogP contribution in [0.3, 0.4) is 0 Å². The second kappa shape index (κ2) is 6.87. The second-order valence-corrected chi connectivity index (χ2v) is 5.32. The number of carbonyl (C=O) groups is 1. The molecule has 1 aliphatic heterocycles. The van der Waals surface area contributed by atoms with E-state index in [1.807, 2.05) is 0 Å². The molecule has 110 valence electrons. The summed E-state index contributed by atoms with van der Waals surface area (Å²) in [5, 5.41) is 3.43. The van der Waals surface area contributed by atoms with Crippen molar-refractivity contribution in [1.29, 1.82) is 0 Å². The van der Waals surface area contributed by atoms with Crippen LogP contribution in [0.2, 0.25) is 0 Å². The van der Waals surface area contributed by atoms with E-state index >= 15 is 0 Å². The number of amides is 1. The number of nitrogens with zero attached hydrogens (tertiary/aromatic N) is 2. The predicted molar refractivity (Wildman–Crippen MR) is 73.5 cm³/mol. The molecule has 0 spiro atoms. The maximum atomic E-state index is 12.1. The van der Waals surface area contributed by atoms with Gasteiger partial charge in [0.25, 0.3) is 5.56 Å². The first-order valence-corrected chi connectivity index (χ1v) is 7.16. The molecule has 20 heavy (non-hydrogen) atoms. The molecule has 1 unspecified atom stereocenters. The number of aromatic nitrogens is 2. The molecule has 0 fully saturated rings. The Labute approximate surface area is 120 Å². The summed E-state index contributed by atoms with van der Waals surface area (Å²) in [4.78, 5) is 27.9. The normalized spacial score (nSPS) is 17.9. The SMILES string of the molecule is COC(CNC(=O)C1CSc2nccc(=O)n2C1)OC. The minimum atomic E-state index is -0.466. The van der Waals surface area contributed by atoms with Gasteiger partial charge in [0.15, 0.2) is 11.4 Å². The lowest BCUT2D eigenvalue weighted by Gasteiger charge is -2.24. The third kappa shape index (κ3) is 3.38. The van der Waals surface area contributed by atoms with Gasteiger partial charge in [-0.15, -0.1) is 0 Å². The molecular formula is C12H17N3O4S. The summed E-state index contributed by atoms with van der Waals surface area (Å²) in [6.07, 6.45) is 1.02. The Hall–Kier alpha value is -1.38. The summed E-state index contributed by atoms with van der Waals surface area (Å²) in [5.41, 5.74) is -0.133. The van der Waals surface area contributed by atoms with Crippen LogP contribution in [0.25, 0.3) is 0 Å². The quantitative estimate of drug-likeness (QED) is 0.594. The minimum absolute atomic E-state index is 0.113. The number of methoxy groups -OCH3 is 2. The molecule has 0 bridgehead atoms. The van der Waals surface area contributed by atoms with Gasteiger partial charge < -0.3 is 14.8 Å². The molecule has 1 N–H and O–H groups in total. The van der Waals surface area contributed by atoms with E-state index in [0.29, 0.717) is 17.5 Å². The Kier molecular flexibility index (Phi) is 5.16. The fourth-order valence-electron chi connectivity index (χ4n) is 1.90. The third-order valence-electron chi connectivity index (χ3n) is 3.06. The molecule has 1 atom stereocenters. The largest absolute Gasteiger partial charge is 0.354 e. The van der Waals surface area contributed by atoms with Gasteiger partial charge in [0, 0.05) is 38.8 Å². The molecular weight excluding hydrogens is 282 g/mol. The summed E-state index contributed by atoms with van der Waals surface area (Å²) in [5.74, 6) is 0.231. The number of carbonyl (C=O) groups excluding carboxylic acids is 1. The van der Waals surface area contributed by atoms with Gasteiger partial charge in [0.2, 0.25) is 5.91 Å². The van der Waals surface area contributed by atoms with E-state index in [1.165, 1.54) is 42.8 Å². The van der Waals surface area contributed by atoms with Crippen LogP contribution in [0.15, 0.2) is 22.2 Å². The topological polar surface area (TPSA) is 82.5 Å². The standard InChI is InChI=1S/C12H17N3O4S/c1-18-10(19-2)5-14-11(17)8-6-15-9(16)3-4-13-12(15)20-7-8/h3-4,8,10H,5-7H2,1-2H3,(H,14,17). The van der Waals surface area contributed by atoms with Gasteiger partial charge in [0.05, 0.1) is 12.5 Å². The van der Waals surface area contributed by atoms with Crippen molar-refractivity contribution in [3.05, 3.63) is 22.6 Å². The highest BCUT2D eigenvalue weighted by Crippen LogP contribution is 2.24. The number of hydrogen-bond donors (Lipinski definition) is 1. The van der Waals surface area contributed by atoms with Gasteiger partial charge in [-0.25, -0.2) is 4.98 Å². The van der Waals surface area contributed by atoms with E-state index in [1.54, 1.807) is 0 Å². The van der Waals surface area contributed by atoms with Crippen molar-refractivity contribution in [2.75, 3.05) is 26.5 Å². The van der Waals surface area contributed by atoms with Crippen molar-refractivity contribution in [2.45, 2.75) is 18.0 Å². The second-order valence-electron chi connectivity index (χ2n) is 4.33. The lowest BCUT2D eigenvalue weighted by atomic mass is 10.1. The van der Waals surface area contributed by atoms with Gasteiger partial charge in [0.1, 0.15) is 0 Å². The van der Waals surface area contributed by atoms with Crippen molar-refractivity contribution in [3.63, 3.8) is 0 Å². The van der Waals surface area contributed by atoms with Gasteiger partial charge >= 0.3 is 0 Å². The average molecular weight is 299 g/mol. The Morgan fingerprint density at radius 1 is 1.60 bits per heavy atom. The van der Waals surface area contributed by atoms with Crippen molar-refractivity contribution in [1.82, 2.24) is 14.9 Å². The first-order chi connectivity index (χ1) is 9.65. The Bertz CT molecular complexity index is 530. The molecule has 0 radical (unpaired) electrons. The van der Waals surface area contributed by atoms with Gasteiger partial charge in [-0.3, -0.25) is 14.2 Å². The molecule has 0 aliphatic carbocycles. The van der Waals surface area contributed by atoms with Crippen LogP contribution in [-0.4, -0.2) is 48.3 Å². The van der Waals surface area contributed by atoms with Crippen molar-refractivity contribution in [3.8, 4) is 0 Å². The first kappa shape index (κ1) is 15.0. The molecule has 2 heterocycles. The van der Waals surface area contributed by atoms with Gasteiger partial charge in [-0.2, -0.15) is 0 Å². The molecule has 0 aromatic carbocycles. The molecule has 0 saturated carbocycles. The smallest absolute Gasteiger partial charge is 0.254 e. The molecule has 1 aromatic heterocycles. The van der Waals surface area contributed by atoms with Crippen LogP contribution >= 0.6 is 11.8 Å². The summed E-state index contributed by atoms with van der Waals surface area (Å²) in [6, 6.07) is 1.40. The average Bonchev–Trinajstić information content (AvgIpc) is 2.48. The Balaban J connectivity index is 1.97.